The van der Waals surface area contributed by atoms with Gasteiger partial charge >= 0.3 is 12.0 Å². The Balaban J connectivity index is 1.56. The topological polar surface area (TPSA) is 83.4 Å². The maximum absolute atomic E-state index is 12.1. The summed E-state index contributed by atoms with van der Waals surface area (Å²) in [5, 5.41) is 15.9. The fourth-order valence-corrected chi connectivity index (χ4v) is 3.18. The molecule has 3 N–H and O–H groups in total. The molecular weight excluding hydrogens is 294 g/mol. The van der Waals surface area contributed by atoms with Gasteiger partial charge in [-0.3, -0.25) is 4.79 Å². The van der Waals surface area contributed by atoms with Gasteiger partial charge in [-0.05, 0) is 49.3 Å². The van der Waals surface area contributed by atoms with E-state index in [4.69, 9.17) is 5.11 Å². The molecule has 0 bridgehead atoms. The van der Waals surface area contributed by atoms with Crippen LogP contribution in [0.3, 0.4) is 0 Å². The van der Waals surface area contributed by atoms with Crippen LogP contribution in [0.4, 0.5) is 10.5 Å². The minimum Gasteiger partial charge on any atom is -0.481 e. The van der Waals surface area contributed by atoms with Gasteiger partial charge in [0.1, 0.15) is 0 Å². The standard InChI is InChI=1S/C17H21N3O3/c1-20-9-8-11-2-7-14(10-15(11)20)19-17(23)18-13-5-3-12(4-6-13)16(21)22/h2,7-10,12-13H,3-6H2,1H3,(H,21,22)(H2,18,19,23). The minimum atomic E-state index is -0.733. The lowest BCUT2D eigenvalue weighted by Gasteiger charge is -2.26. The molecule has 0 unspecified atom stereocenters. The summed E-state index contributed by atoms with van der Waals surface area (Å²) in [7, 11) is 1.97. The third-order valence-corrected chi connectivity index (χ3v) is 4.56. The van der Waals surface area contributed by atoms with Crippen molar-refractivity contribution in [1.82, 2.24) is 9.88 Å². The average Bonchev–Trinajstić information content (AvgIpc) is 2.89. The third kappa shape index (κ3) is 3.47. The Labute approximate surface area is 134 Å². The van der Waals surface area contributed by atoms with Crippen molar-refractivity contribution in [3.8, 4) is 0 Å². The number of nitrogens with zero attached hydrogens (tertiary/aromatic N) is 1. The number of aliphatic carboxylic acids is 1. The summed E-state index contributed by atoms with van der Waals surface area (Å²) >= 11 is 0. The van der Waals surface area contributed by atoms with E-state index < -0.39 is 5.97 Å². The van der Waals surface area contributed by atoms with E-state index in [9.17, 15) is 9.59 Å². The van der Waals surface area contributed by atoms with Crippen molar-refractivity contribution in [1.29, 1.82) is 0 Å². The van der Waals surface area contributed by atoms with Crippen molar-refractivity contribution >= 4 is 28.6 Å². The van der Waals surface area contributed by atoms with Gasteiger partial charge in [-0.15, -0.1) is 0 Å². The second-order valence-electron chi connectivity index (χ2n) is 6.19. The molecule has 23 heavy (non-hydrogen) atoms. The van der Waals surface area contributed by atoms with Gasteiger partial charge in [0.15, 0.2) is 0 Å². The van der Waals surface area contributed by atoms with Crippen molar-refractivity contribution in [3.05, 3.63) is 30.5 Å². The van der Waals surface area contributed by atoms with Gasteiger partial charge in [0, 0.05) is 30.5 Å². The number of hydrogen-bond acceptors (Lipinski definition) is 2. The number of hydrogen-bond donors (Lipinski definition) is 3. The first-order valence-electron chi connectivity index (χ1n) is 7.88. The number of rotatable bonds is 3. The van der Waals surface area contributed by atoms with Crippen LogP contribution in [0.15, 0.2) is 30.5 Å². The molecule has 2 amide bonds. The van der Waals surface area contributed by atoms with Gasteiger partial charge in [0.05, 0.1) is 5.92 Å². The van der Waals surface area contributed by atoms with Crippen molar-refractivity contribution in [2.45, 2.75) is 31.7 Å². The quantitative estimate of drug-likeness (QED) is 0.814. The summed E-state index contributed by atoms with van der Waals surface area (Å²) in [4.78, 5) is 23.0. The highest BCUT2D eigenvalue weighted by atomic mass is 16.4. The van der Waals surface area contributed by atoms with Crippen molar-refractivity contribution in [3.63, 3.8) is 0 Å². The Morgan fingerprint density at radius 3 is 2.61 bits per heavy atom. The molecule has 1 aliphatic carbocycles. The largest absolute Gasteiger partial charge is 0.481 e. The Morgan fingerprint density at radius 1 is 1.17 bits per heavy atom. The fourth-order valence-electron chi connectivity index (χ4n) is 3.18. The number of benzene rings is 1. The fraction of sp³-hybridized carbons (Fsp3) is 0.412. The molecule has 1 aliphatic rings. The van der Waals surface area contributed by atoms with Crippen LogP contribution in [0.1, 0.15) is 25.7 Å². The van der Waals surface area contributed by atoms with E-state index in [-0.39, 0.29) is 18.0 Å². The van der Waals surface area contributed by atoms with Gasteiger partial charge in [0.2, 0.25) is 0 Å². The Bertz CT molecular complexity index is 730. The molecule has 1 fully saturated rings. The number of aryl methyl sites for hydroxylation is 1. The first kappa shape index (κ1) is 15.4. The van der Waals surface area contributed by atoms with Gasteiger partial charge in [0.25, 0.3) is 0 Å². The first-order valence-corrected chi connectivity index (χ1v) is 7.88. The molecule has 0 atom stereocenters. The summed E-state index contributed by atoms with van der Waals surface area (Å²) in [6.45, 7) is 0. The molecule has 0 saturated heterocycles. The van der Waals surface area contributed by atoms with Crippen molar-refractivity contribution in [2.24, 2.45) is 13.0 Å². The minimum absolute atomic E-state index is 0.0457. The van der Waals surface area contributed by atoms with E-state index in [2.05, 4.69) is 10.6 Å². The van der Waals surface area contributed by atoms with Crippen LogP contribution >= 0.6 is 0 Å². The first-order chi connectivity index (χ1) is 11.0. The lowest BCUT2D eigenvalue weighted by atomic mass is 9.86. The van der Waals surface area contributed by atoms with Crippen LogP contribution in [0.5, 0.6) is 0 Å². The molecule has 0 spiro atoms. The molecule has 6 nitrogen and oxygen atoms in total. The zero-order chi connectivity index (χ0) is 16.4. The molecule has 1 saturated carbocycles. The molecule has 2 aromatic rings. The number of anilines is 1. The van der Waals surface area contributed by atoms with Crippen LogP contribution in [0, 0.1) is 5.92 Å². The van der Waals surface area contributed by atoms with E-state index in [0.29, 0.717) is 25.7 Å². The lowest BCUT2D eigenvalue weighted by Crippen LogP contribution is -2.40. The number of carboxylic acids is 1. The number of nitrogens with one attached hydrogen (secondary N) is 2. The van der Waals surface area contributed by atoms with Gasteiger partial charge in [-0.2, -0.15) is 0 Å². The monoisotopic (exact) mass is 315 g/mol. The number of carbonyl (C=O) groups excluding carboxylic acids is 1. The second kappa shape index (κ2) is 6.32. The number of urea groups is 1. The van der Waals surface area contributed by atoms with Crippen LogP contribution in [-0.2, 0) is 11.8 Å². The average molecular weight is 315 g/mol. The van der Waals surface area contributed by atoms with Crippen molar-refractivity contribution in [2.75, 3.05) is 5.32 Å². The van der Waals surface area contributed by atoms with Gasteiger partial charge < -0.3 is 20.3 Å². The number of carbonyl (C=O) groups is 2. The summed E-state index contributed by atoms with van der Waals surface area (Å²) in [5.41, 5.74) is 1.81. The highest BCUT2D eigenvalue weighted by molar-refractivity contribution is 5.93. The predicted octanol–water partition coefficient (Wildman–Crippen LogP) is 2.94. The summed E-state index contributed by atoms with van der Waals surface area (Å²) in [6.07, 6.45) is 4.64. The molecule has 0 aliphatic heterocycles. The summed E-state index contributed by atoms with van der Waals surface area (Å²) < 4.78 is 2.01. The molecule has 0 radical (unpaired) electrons. The van der Waals surface area contributed by atoms with Crippen LogP contribution < -0.4 is 10.6 Å². The van der Waals surface area contributed by atoms with E-state index in [1.807, 2.05) is 42.1 Å². The van der Waals surface area contributed by atoms with Gasteiger partial charge in [-0.1, -0.05) is 6.07 Å². The predicted molar refractivity (Wildman–Crippen MR) is 88.5 cm³/mol. The van der Waals surface area contributed by atoms with Crippen LogP contribution in [-0.4, -0.2) is 27.7 Å². The Morgan fingerprint density at radius 2 is 1.91 bits per heavy atom. The number of fused-ring (bicyclic) bond motifs is 1. The SMILES string of the molecule is Cn1ccc2ccc(NC(=O)NC3CCC(C(=O)O)CC3)cc21. The highest BCUT2D eigenvalue weighted by Crippen LogP contribution is 2.24. The van der Waals surface area contributed by atoms with E-state index in [1.54, 1.807) is 0 Å². The third-order valence-electron chi connectivity index (χ3n) is 4.56. The number of amides is 2. The summed E-state index contributed by atoms with van der Waals surface area (Å²) in [5.74, 6) is -1.00. The van der Waals surface area contributed by atoms with E-state index >= 15 is 0 Å². The second-order valence-corrected chi connectivity index (χ2v) is 6.19. The molecule has 3 rings (SSSR count). The smallest absolute Gasteiger partial charge is 0.319 e. The highest BCUT2D eigenvalue weighted by Gasteiger charge is 2.26. The molecular formula is C17H21N3O3. The lowest BCUT2D eigenvalue weighted by molar-refractivity contribution is -0.142. The molecule has 122 valence electrons. The zero-order valence-electron chi connectivity index (χ0n) is 13.1. The van der Waals surface area contributed by atoms with E-state index in [1.165, 1.54) is 0 Å². The summed E-state index contributed by atoms with van der Waals surface area (Å²) in [6, 6.07) is 7.63. The Hall–Kier alpha value is -2.50. The molecule has 1 heterocycles. The van der Waals surface area contributed by atoms with Crippen molar-refractivity contribution < 1.29 is 14.7 Å². The normalized spacial score (nSPS) is 21.1. The number of aromatic nitrogens is 1. The number of carboxylic acid groups (broad SMARTS) is 1. The van der Waals surface area contributed by atoms with Crippen LogP contribution in [0.2, 0.25) is 0 Å². The molecule has 1 aromatic carbocycles. The molecule has 6 heteroatoms. The van der Waals surface area contributed by atoms with Crippen LogP contribution in [0.25, 0.3) is 10.9 Å². The molecule has 1 aromatic heterocycles. The zero-order valence-corrected chi connectivity index (χ0v) is 13.1. The maximum Gasteiger partial charge on any atom is 0.319 e. The maximum atomic E-state index is 12.1. The van der Waals surface area contributed by atoms with E-state index in [0.717, 1.165) is 16.6 Å². The Kier molecular flexibility index (Phi) is 4.23. The van der Waals surface area contributed by atoms with Gasteiger partial charge in [-0.25, -0.2) is 4.79 Å².